The van der Waals surface area contributed by atoms with Crippen LogP contribution >= 0.6 is 0 Å². The quantitative estimate of drug-likeness (QED) is 0.837. The van der Waals surface area contributed by atoms with Gasteiger partial charge in [0, 0.05) is 20.6 Å². The molecule has 0 bridgehead atoms. The number of amides is 2. The molecule has 1 aromatic heterocycles. The number of methoxy groups -OCH3 is 1. The zero-order chi connectivity index (χ0) is 18.0. The van der Waals surface area contributed by atoms with Crippen molar-refractivity contribution in [2.24, 2.45) is 0 Å². The first kappa shape index (κ1) is 17.0. The van der Waals surface area contributed by atoms with Crippen LogP contribution in [0.2, 0.25) is 0 Å². The van der Waals surface area contributed by atoms with E-state index in [0.29, 0.717) is 31.7 Å². The summed E-state index contributed by atoms with van der Waals surface area (Å²) in [6.45, 7) is 1.67. The summed E-state index contributed by atoms with van der Waals surface area (Å²) in [5, 5.41) is 4.34. The van der Waals surface area contributed by atoms with E-state index in [2.05, 4.69) is 5.10 Å². The Labute approximate surface area is 146 Å². The summed E-state index contributed by atoms with van der Waals surface area (Å²) in [4.78, 5) is 27.9. The highest BCUT2D eigenvalue weighted by Gasteiger charge is 2.24. The van der Waals surface area contributed by atoms with Gasteiger partial charge in [-0.25, -0.2) is 0 Å². The van der Waals surface area contributed by atoms with Crippen LogP contribution in [-0.2, 0) is 24.3 Å². The Morgan fingerprint density at radius 2 is 1.92 bits per heavy atom. The molecule has 0 saturated heterocycles. The lowest BCUT2D eigenvalue weighted by molar-refractivity contribution is -0.132. The number of carbonyl (C=O) groups excluding carboxylic acids is 2. The molecule has 1 aliphatic heterocycles. The predicted molar refractivity (Wildman–Crippen MR) is 92.4 cm³/mol. The van der Waals surface area contributed by atoms with Crippen LogP contribution in [0.25, 0.3) is 0 Å². The predicted octanol–water partition coefficient (Wildman–Crippen LogP) is 1.18. The second-order valence-electron chi connectivity index (χ2n) is 6.28. The minimum absolute atomic E-state index is 0.0677. The zero-order valence-corrected chi connectivity index (χ0v) is 14.7. The molecule has 2 amide bonds. The first-order chi connectivity index (χ1) is 12.0. The Bertz CT molecular complexity index is 780. The highest BCUT2D eigenvalue weighted by molar-refractivity contribution is 5.92. The molecule has 7 nitrogen and oxygen atoms in total. The van der Waals surface area contributed by atoms with Gasteiger partial charge in [0.25, 0.3) is 5.91 Å². The van der Waals surface area contributed by atoms with Gasteiger partial charge in [-0.2, -0.15) is 5.10 Å². The molecule has 0 saturated carbocycles. The van der Waals surface area contributed by atoms with E-state index in [1.165, 1.54) is 4.90 Å². The normalized spacial score (nSPS) is 13.3. The van der Waals surface area contributed by atoms with Crippen LogP contribution in [0.4, 0.5) is 0 Å². The number of fused-ring (bicyclic) bond motifs is 1. The molecule has 0 spiro atoms. The molecule has 1 aromatic carbocycles. The average molecular weight is 342 g/mol. The van der Waals surface area contributed by atoms with Crippen LogP contribution in [0.5, 0.6) is 5.75 Å². The molecule has 132 valence electrons. The Morgan fingerprint density at radius 1 is 1.20 bits per heavy atom. The van der Waals surface area contributed by atoms with Crippen LogP contribution in [0, 0.1) is 0 Å². The van der Waals surface area contributed by atoms with Crippen molar-refractivity contribution in [3.8, 4) is 5.75 Å². The van der Waals surface area contributed by atoms with Crippen molar-refractivity contribution in [1.29, 1.82) is 0 Å². The number of rotatable bonds is 4. The SMILES string of the molecule is COc1ccc(CC(=O)N2CCn3nc(C(=O)N(C)C)cc3C2)cc1. The second kappa shape index (κ2) is 6.96. The van der Waals surface area contributed by atoms with Crippen LogP contribution in [0.1, 0.15) is 21.7 Å². The van der Waals surface area contributed by atoms with E-state index in [9.17, 15) is 9.59 Å². The third kappa shape index (κ3) is 3.65. The lowest BCUT2D eigenvalue weighted by Crippen LogP contribution is -2.39. The molecule has 2 aromatic rings. The Balaban J connectivity index is 1.67. The summed E-state index contributed by atoms with van der Waals surface area (Å²) in [5.74, 6) is 0.715. The summed E-state index contributed by atoms with van der Waals surface area (Å²) in [6, 6.07) is 9.28. The van der Waals surface area contributed by atoms with Crippen LogP contribution < -0.4 is 4.74 Å². The fourth-order valence-electron chi connectivity index (χ4n) is 2.84. The number of carbonyl (C=O) groups is 2. The van der Waals surface area contributed by atoms with Crippen molar-refractivity contribution in [3.05, 3.63) is 47.3 Å². The molecule has 0 unspecified atom stereocenters. The van der Waals surface area contributed by atoms with Gasteiger partial charge in [0.2, 0.25) is 5.91 Å². The Hall–Kier alpha value is -2.83. The standard InChI is InChI=1S/C18H22N4O3/c1-20(2)18(24)16-11-14-12-21(8-9-22(14)19-16)17(23)10-13-4-6-15(25-3)7-5-13/h4-7,11H,8-10,12H2,1-3H3. The topological polar surface area (TPSA) is 67.7 Å². The van der Waals surface area contributed by atoms with Crippen molar-refractivity contribution < 1.29 is 14.3 Å². The fraction of sp³-hybridized carbons (Fsp3) is 0.389. The molecule has 0 aliphatic carbocycles. The van der Waals surface area contributed by atoms with Crippen molar-refractivity contribution >= 4 is 11.8 Å². The molecule has 0 N–H and O–H groups in total. The number of aromatic nitrogens is 2. The van der Waals surface area contributed by atoms with Gasteiger partial charge in [-0.1, -0.05) is 12.1 Å². The molecule has 0 atom stereocenters. The van der Waals surface area contributed by atoms with Gasteiger partial charge in [-0.05, 0) is 23.8 Å². The molecule has 7 heteroatoms. The molecule has 1 aliphatic rings. The first-order valence-corrected chi connectivity index (χ1v) is 8.17. The smallest absolute Gasteiger partial charge is 0.273 e. The van der Waals surface area contributed by atoms with Crippen LogP contribution in [0.15, 0.2) is 30.3 Å². The Kier molecular flexibility index (Phi) is 4.74. The summed E-state index contributed by atoms with van der Waals surface area (Å²) in [6.07, 6.45) is 0.349. The summed E-state index contributed by atoms with van der Waals surface area (Å²) < 4.78 is 6.95. The third-order valence-corrected chi connectivity index (χ3v) is 4.29. The molecular weight excluding hydrogens is 320 g/mol. The van der Waals surface area contributed by atoms with E-state index in [1.54, 1.807) is 27.3 Å². The van der Waals surface area contributed by atoms with Crippen molar-refractivity contribution in [2.45, 2.75) is 19.5 Å². The van der Waals surface area contributed by atoms with Gasteiger partial charge in [0.1, 0.15) is 5.75 Å². The maximum atomic E-state index is 12.6. The molecule has 3 rings (SSSR count). The van der Waals surface area contributed by atoms with E-state index in [0.717, 1.165) is 17.0 Å². The van der Waals surface area contributed by atoms with E-state index < -0.39 is 0 Å². The third-order valence-electron chi connectivity index (χ3n) is 4.29. The highest BCUT2D eigenvalue weighted by Crippen LogP contribution is 2.17. The molecule has 2 heterocycles. The molecular formula is C18H22N4O3. The lowest BCUT2D eigenvalue weighted by Gasteiger charge is -2.27. The monoisotopic (exact) mass is 342 g/mol. The fourth-order valence-corrected chi connectivity index (χ4v) is 2.84. The van der Waals surface area contributed by atoms with Gasteiger partial charge in [-0.15, -0.1) is 0 Å². The first-order valence-electron chi connectivity index (χ1n) is 8.17. The van der Waals surface area contributed by atoms with Crippen molar-refractivity contribution in [3.63, 3.8) is 0 Å². The molecule has 25 heavy (non-hydrogen) atoms. The Morgan fingerprint density at radius 3 is 2.56 bits per heavy atom. The van der Waals surface area contributed by atoms with Gasteiger partial charge < -0.3 is 14.5 Å². The summed E-state index contributed by atoms with van der Waals surface area (Å²) in [5.41, 5.74) is 2.26. The number of hydrogen-bond donors (Lipinski definition) is 0. The maximum Gasteiger partial charge on any atom is 0.273 e. The number of nitrogens with zero attached hydrogens (tertiary/aromatic N) is 4. The van der Waals surface area contributed by atoms with E-state index in [-0.39, 0.29) is 11.8 Å². The average Bonchev–Trinajstić information content (AvgIpc) is 3.04. The number of hydrogen-bond acceptors (Lipinski definition) is 4. The van der Waals surface area contributed by atoms with Crippen LogP contribution in [-0.4, -0.2) is 59.1 Å². The zero-order valence-electron chi connectivity index (χ0n) is 14.7. The molecule has 0 radical (unpaired) electrons. The van der Waals surface area contributed by atoms with E-state index in [1.807, 2.05) is 33.8 Å². The highest BCUT2D eigenvalue weighted by atomic mass is 16.5. The van der Waals surface area contributed by atoms with Gasteiger partial charge in [0.05, 0.1) is 32.3 Å². The van der Waals surface area contributed by atoms with Gasteiger partial charge in [-0.3, -0.25) is 14.3 Å². The summed E-state index contributed by atoms with van der Waals surface area (Å²) in [7, 11) is 5.02. The summed E-state index contributed by atoms with van der Waals surface area (Å²) >= 11 is 0. The van der Waals surface area contributed by atoms with E-state index in [4.69, 9.17) is 4.74 Å². The second-order valence-corrected chi connectivity index (χ2v) is 6.28. The minimum atomic E-state index is -0.127. The minimum Gasteiger partial charge on any atom is -0.497 e. The molecule has 0 fully saturated rings. The largest absolute Gasteiger partial charge is 0.497 e. The van der Waals surface area contributed by atoms with Crippen LogP contribution in [0.3, 0.4) is 0 Å². The lowest BCUT2D eigenvalue weighted by atomic mass is 10.1. The van der Waals surface area contributed by atoms with Gasteiger partial charge in [0.15, 0.2) is 5.69 Å². The number of ether oxygens (including phenoxy) is 1. The van der Waals surface area contributed by atoms with E-state index >= 15 is 0 Å². The van der Waals surface area contributed by atoms with Gasteiger partial charge >= 0.3 is 0 Å². The number of benzene rings is 1. The maximum absolute atomic E-state index is 12.6. The van der Waals surface area contributed by atoms with Crippen molar-refractivity contribution in [1.82, 2.24) is 19.6 Å². The van der Waals surface area contributed by atoms with Crippen molar-refractivity contribution in [2.75, 3.05) is 27.7 Å².